The van der Waals surface area contributed by atoms with E-state index >= 15 is 0 Å². The van der Waals surface area contributed by atoms with Gasteiger partial charge in [-0.25, -0.2) is 9.59 Å². The number of carbonyl (C=O) groups is 2. The first kappa shape index (κ1) is 25.5. The topological polar surface area (TPSA) is 116 Å². The minimum Gasteiger partial charge on any atom is -0.477 e. The van der Waals surface area contributed by atoms with Gasteiger partial charge in [0.05, 0.1) is 0 Å². The molecule has 0 spiro atoms. The number of rotatable bonds is 6. The third kappa shape index (κ3) is 7.13. The van der Waals surface area contributed by atoms with Gasteiger partial charge in [-0.2, -0.15) is 13.2 Å². The smallest absolute Gasteiger partial charge is 0.477 e. The maximum absolute atomic E-state index is 11.8. The molecule has 1 aromatic carbocycles. The van der Waals surface area contributed by atoms with E-state index in [0.717, 1.165) is 38.9 Å². The van der Waals surface area contributed by atoms with Crippen LogP contribution in [0.15, 0.2) is 28.8 Å². The van der Waals surface area contributed by atoms with E-state index in [4.69, 9.17) is 26.0 Å². The largest absolute Gasteiger partial charge is 0.490 e. The van der Waals surface area contributed by atoms with E-state index in [-0.39, 0.29) is 17.4 Å². The lowest BCUT2D eigenvalue weighted by molar-refractivity contribution is -0.192. The van der Waals surface area contributed by atoms with Gasteiger partial charge in [-0.05, 0) is 56.6 Å². The zero-order chi connectivity index (χ0) is 23.9. The fourth-order valence-corrected chi connectivity index (χ4v) is 3.40. The zero-order valence-corrected chi connectivity index (χ0v) is 17.9. The maximum atomic E-state index is 11.8. The van der Waals surface area contributed by atoms with Crippen LogP contribution in [0.5, 0.6) is 0 Å². The SMILES string of the molecule is CCCN1CCCC(Nc2noc(-c3ccc(Cl)cc3)c2C(=O)O)C1.O=C(O)C(F)(F)F. The van der Waals surface area contributed by atoms with Crippen molar-refractivity contribution in [3.8, 4) is 11.3 Å². The predicted molar refractivity (Wildman–Crippen MR) is 111 cm³/mol. The second-order valence-corrected chi connectivity index (χ2v) is 7.57. The number of hydrogen-bond donors (Lipinski definition) is 3. The summed E-state index contributed by atoms with van der Waals surface area (Å²) in [5.74, 6) is -3.28. The molecule has 8 nitrogen and oxygen atoms in total. The van der Waals surface area contributed by atoms with Crippen molar-refractivity contribution in [3.05, 3.63) is 34.9 Å². The van der Waals surface area contributed by atoms with E-state index in [9.17, 15) is 23.1 Å². The fraction of sp³-hybridized carbons (Fsp3) is 0.450. The normalized spacial score (nSPS) is 16.7. The molecule has 1 aromatic heterocycles. The Balaban J connectivity index is 0.000000451. The molecule has 1 saturated heterocycles. The molecule has 12 heteroatoms. The number of carboxylic acid groups (broad SMARTS) is 2. The molecule has 0 radical (unpaired) electrons. The summed E-state index contributed by atoms with van der Waals surface area (Å²) in [5, 5.41) is 24.6. The quantitative estimate of drug-likeness (QED) is 0.552. The zero-order valence-electron chi connectivity index (χ0n) is 17.2. The molecule has 176 valence electrons. The molecule has 1 aliphatic heterocycles. The van der Waals surface area contributed by atoms with Crippen LogP contribution in [0.3, 0.4) is 0 Å². The first-order valence-corrected chi connectivity index (χ1v) is 10.2. The molecule has 3 rings (SSSR count). The molecule has 1 unspecified atom stereocenters. The van der Waals surface area contributed by atoms with Gasteiger partial charge in [0.2, 0.25) is 0 Å². The van der Waals surface area contributed by atoms with E-state index in [1.807, 2.05) is 0 Å². The number of aromatic carboxylic acids is 1. The highest BCUT2D eigenvalue weighted by atomic mass is 35.5. The number of anilines is 1. The number of aromatic nitrogens is 1. The number of benzene rings is 1. The number of piperidine rings is 1. The minimum atomic E-state index is -5.08. The van der Waals surface area contributed by atoms with Crippen molar-refractivity contribution in [2.45, 2.75) is 38.4 Å². The number of likely N-dealkylation sites (tertiary alicyclic amines) is 1. The van der Waals surface area contributed by atoms with Crippen LogP contribution in [-0.4, -0.2) is 64.1 Å². The van der Waals surface area contributed by atoms with Crippen LogP contribution >= 0.6 is 11.6 Å². The number of hydrogen-bond acceptors (Lipinski definition) is 6. The Hall–Kier alpha value is -2.79. The van der Waals surface area contributed by atoms with E-state index in [1.54, 1.807) is 24.3 Å². The summed E-state index contributed by atoms with van der Waals surface area (Å²) in [5.41, 5.74) is 0.702. The lowest BCUT2D eigenvalue weighted by Crippen LogP contribution is -2.42. The fourth-order valence-electron chi connectivity index (χ4n) is 3.27. The summed E-state index contributed by atoms with van der Waals surface area (Å²) in [4.78, 5) is 23.1. The molecular formula is C20H23ClF3N3O5. The van der Waals surface area contributed by atoms with Gasteiger partial charge < -0.3 is 25.0 Å². The minimum absolute atomic E-state index is 0.0648. The highest BCUT2D eigenvalue weighted by Gasteiger charge is 2.38. The predicted octanol–water partition coefficient (Wildman–Crippen LogP) is 4.61. The Morgan fingerprint density at radius 2 is 1.91 bits per heavy atom. The number of alkyl halides is 3. The average Bonchev–Trinajstić information content (AvgIpc) is 3.12. The van der Waals surface area contributed by atoms with Crippen molar-refractivity contribution >= 4 is 29.4 Å². The van der Waals surface area contributed by atoms with Crippen LogP contribution in [0, 0.1) is 0 Å². The molecule has 1 aliphatic rings. The van der Waals surface area contributed by atoms with Crippen molar-refractivity contribution in [3.63, 3.8) is 0 Å². The summed E-state index contributed by atoms with van der Waals surface area (Å²) < 4.78 is 37.1. The molecule has 0 aliphatic carbocycles. The lowest BCUT2D eigenvalue weighted by Gasteiger charge is -2.32. The number of nitrogens with zero attached hydrogens (tertiary/aromatic N) is 2. The summed E-state index contributed by atoms with van der Waals surface area (Å²) in [6.07, 6.45) is -1.90. The van der Waals surface area contributed by atoms with Crippen LogP contribution in [0.25, 0.3) is 11.3 Å². The van der Waals surface area contributed by atoms with E-state index in [0.29, 0.717) is 16.4 Å². The number of nitrogens with one attached hydrogen (secondary N) is 1. The molecule has 2 aromatic rings. The third-order valence-corrected chi connectivity index (χ3v) is 4.89. The molecule has 0 amide bonds. The highest BCUT2D eigenvalue weighted by Crippen LogP contribution is 2.31. The van der Waals surface area contributed by atoms with Crippen LogP contribution in [0.4, 0.5) is 19.0 Å². The third-order valence-electron chi connectivity index (χ3n) is 4.64. The molecule has 32 heavy (non-hydrogen) atoms. The summed E-state index contributed by atoms with van der Waals surface area (Å²) >= 11 is 5.90. The van der Waals surface area contributed by atoms with Crippen molar-refractivity contribution in [2.75, 3.05) is 25.0 Å². The highest BCUT2D eigenvalue weighted by molar-refractivity contribution is 6.30. The lowest BCUT2D eigenvalue weighted by atomic mass is 10.0. The Kier molecular flexibility index (Phi) is 8.90. The number of carboxylic acids is 2. The van der Waals surface area contributed by atoms with Gasteiger partial charge in [0.15, 0.2) is 17.1 Å². The van der Waals surface area contributed by atoms with Gasteiger partial charge in [0.1, 0.15) is 0 Å². The molecule has 1 atom stereocenters. The van der Waals surface area contributed by atoms with E-state index < -0.39 is 18.1 Å². The Labute approximate surface area is 186 Å². The Bertz CT molecular complexity index is 916. The van der Waals surface area contributed by atoms with E-state index in [2.05, 4.69) is 22.3 Å². The molecular weight excluding hydrogens is 455 g/mol. The molecule has 2 heterocycles. The monoisotopic (exact) mass is 477 g/mol. The van der Waals surface area contributed by atoms with E-state index in [1.165, 1.54) is 0 Å². The van der Waals surface area contributed by atoms with Gasteiger partial charge in [-0.15, -0.1) is 0 Å². The van der Waals surface area contributed by atoms with Gasteiger partial charge in [-0.1, -0.05) is 23.7 Å². The standard InChI is InChI=1S/C18H22ClN3O3.C2HF3O2/c1-2-9-22-10-3-4-14(11-22)20-17-15(18(23)24)16(25-21-17)12-5-7-13(19)8-6-12;3-2(4,5)1(6)7/h5-8,14H,2-4,9-11H2,1H3,(H,20,21)(H,23,24);(H,6,7). The van der Waals surface area contributed by atoms with Crippen molar-refractivity contribution in [2.24, 2.45) is 0 Å². The van der Waals surface area contributed by atoms with Crippen LogP contribution < -0.4 is 5.32 Å². The van der Waals surface area contributed by atoms with Crippen molar-refractivity contribution in [1.29, 1.82) is 0 Å². The molecule has 1 fully saturated rings. The van der Waals surface area contributed by atoms with Crippen LogP contribution in [0.2, 0.25) is 5.02 Å². The first-order valence-electron chi connectivity index (χ1n) is 9.80. The van der Waals surface area contributed by atoms with Crippen LogP contribution in [0.1, 0.15) is 36.5 Å². The van der Waals surface area contributed by atoms with Gasteiger partial charge in [0, 0.05) is 23.2 Å². The summed E-state index contributed by atoms with van der Waals surface area (Å²) in [7, 11) is 0. The first-order chi connectivity index (χ1) is 15.0. The number of aliphatic carboxylic acids is 1. The summed E-state index contributed by atoms with van der Waals surface area (Å²) in [6, 6.07) is 7.01. The summed E-state index contributed by atoms with van der Waals surface area (Å²) in [6.45, 7) is 5.19. The Morgan fingerprint density at radius 3 is 2.44 bits per heavy atom. The van der Waals surface area contributed by atoms with Crippen molar-refractivity contribution in [1.82, 2.24) is 10.1 Å². The second kappa shape index (κ2) is 11.2. The number of halogens is 4. The van der Waals surface area contributed by atoms with Crippen LogP contribution in [-0.2, 0) is 4.79 Å². The average molecular weight is 478 g/mol. The van der Waals surface area contributed by atoms with Gasteiger partial charge in [0.25, 0.3) is 0 Å². The Morgan fingerprint density at radius 1 is 1.28 bits per heavy atom. The van der Waals surface area contributed by atoms with Crippen molar-refractivity contribution < 1.29 is 37.5 Å². The van der Waals surface area contributed by atoms with Gasteiger partial charge in [-0.3, -0.25) is 0 Å². The molecule has 0 saturated carbocycles. The van der Waals surface area contributed by atoms with Gasteiger partial charge >= 0.3 is 18.1 Å². The maximum Gasteiger partial charge on any atom is 0.490 e. The second-order valence-electron chi connectivity index (χ2n) is 7.13. The molecule has 0 bridgehead atoms. The molecule has 3 N–H and O–H groups in total.